The fraction of sp³-hybridized carbons (Fsp3) is 0.680. The van der Waals surface area contributed by atoms with E-state index in [1.54, 1.807) is 5.69 Å². The van der Waals surface area contributed by atoms with Gasteiger partial charge in [0, 0.05) is 41.6 Å². The lowest BCUT2D eigenvalue weighted by molar-refractivity contribution is 0.224. The van der Waals surface area contributed by atoms with Crippen molar-refractivity contribution in [2.24, 2.45) is 11.8 Å². The smallest absolute Gasteiger partial charge is 0.0556 e. The lowest BCUT2D eigenvalue weighted by Gasteiger charge is -2.35. The van der Waals surface area contributed by atoms with Crippen LogP contribution >= 0.6 is 0 Å². The van der Waals surface area contributed by atoms with E-state index in [0.29, 0.717) is 18.5 Å². The van der Waals surface area contributed by atoms with Gasteiger partial charge >= 0.3 is 0 Å². The van der Waals surface area contributed by atoms with Crippen molar-refractivity contribution in [1.82, 2.24) is 15.2 Å². The Morgan fingerprint density at radius 1 is 1.07 bits per heavy atom. The van der Waals surface area contributed by atoms with Crippen LogP contribution in [0.3, 0.4) is 0 Å². The van der Waals surface area contributed by atoms with Crippen LogP contribution in [0.25, 0.3) is 10.9 Å². The minimum absolute atomic E-state index is 0.195. The highest BCUT2D eigenvalue weighted by atomic mass is 16.3. The number of aromatic nitrogens is 1. The van der Waals surface area contributed by atoms with Gasteiger partial charge in [0.2, 0.25) is 0 Å². The Balaban J connectivity index is 1.75. The second-order valence-electron chi connectivity index (χ2n) is 9.49. The van der Waals surface area contributed by atoms with Gasteiger partial charge in [0.15, 0.2) is 0 Å². The van der Waals surface area contributed by atoms with Gasteiger partial charge in [-0.2, -0.15) is 0 Å². The number of piperidine rings is 1. The Bertz CT molecular complexity index is 783. The van der Waals surface area contributed by atoms with Gasteiger partial charge in [-0.1, -0.05) is 32.0 Å². The summed E-state index contributed by atoms with van der Waals surface area (Å²) in [7, 11) is 0. The second-order valence-corrected chi connectivity index (χ2v) is 9.49. The van der Waals surface area contributed by atoms with Crippen LogP contribution in [-0.2, 0) is 6.54 Å². The molecule has 0 radical (unpaired) electrons. The summed E-state index contributed by atoms with van der Waals surface area (Å²) in [6, 6.07) is 9.67. The van der Waals surface area contributed by atoms with E-state index in [2.05, 4.69) is 53.3 Å². The molecule has 160 valence electrons. The normalized spacial score (nSPS) is 23.9. The number of hydrogen-bond acceptors (Lipinski definition) is 3. The Kier molecular flexibility index (Phi) is 6.94. The molecule has 1 aromatic heterocycles. The Morgan fingerprint density at radius 3 is 2.48 bits per heavy atom. The van der Waals surface area contributed by atoms with Gasteiger partial charge < -0.3 is 20.3 Å². The molecule has 29 heavy (non-hydrogen) atoms. The van der Waals surface area contributed by atoms with Gasteiger partial charge in [0.1, 0.15) is 0 Å². The van der Waals surface area contributed by atoms with Crippen molar-refractivity contribution in [3.63, 3.8) is 0 Å². The molecule has 2 heterocycles. The first kappa shape index (κ1) is 20.9. The minimum Gasteiger partial charge on any atom is -0.395 e. The molecule has 2 aromatic rings. The van der Waals surface area contributed by atoms with Gasteiger partial charge in [-0.3, -0.25) is 0 Å². The maximum atomic E-state index is 9.28. The zero-order valence-corrected chi connectivity index (χ0v) is 18.3. The van der Waals surface area contributed by atoms with E-state index in [4.69, 9.17) is 0 Å². The molecular weight excluding hydrogens is 358 g/mol. The first-order valence-electron chi connectivity index (χ1n) is 11.8. The van der Waals surface area contributed by atoms with Crippen LogP contribution in [0.2, 0.25) is 0 Å². The van der Waals surface area contributed by atoms with E-state index >= 15 is 0 Å². The van der Waals surface area contributed by atoms with E-state index in [9.17, 15) is 5.11 Å². The Hall–Kier alpha value is -1.36. The lowest BCUT2D eigenvalue weighted by atomic mass is 9.79. The highest BCUT2D eigenvalue weighted by molar-refractivity contribution is 5.86. The number of para-hydroxylation sites is 1. The van der Waals surface area contributed by atoms with Crippen LogP contribution in [0.1, 0.15) is 75.6 Å². The summed E-state index contributed by atoms with van der Waals surface area (Å²) in [5, 5.41) is 17.7. The predicted molar refractivity (Wildman–Crippen MR) is 121 cm³/mol. The fourth-order valence-corrected chi connectivity index (χ4v) is 5.79. The lowest BCUT2D eigenvalue weighted by Crippen LogP contribution is -2.30. The molecule has 0 amide bonds. The fourth-order valence-electron chi connectivity index (χ4n) is 5.79. The molecule has 3 N–H and O–H groups in total. The summed E-state index contributed by atoms with van der Waals surface area (Å²) < 4.78 is 2.76. The number of nitrogens with zero attached hydrogens (tertiary/aromatic N) is 1. The predicted octanol–water partition coefficient (Wildman–Crippen LogP) is 4.58. The summed E-state index contributed by atoms with van der Waals surface area (Å²) >= 11 is 0. The average molecular weight is 398 g/mol. The summed E-state index contributed by atoms with van der Waals surface area (Å²) in [6.07, 6.45) is 7.79. The molecule has 1 saturated heterocycles. The molecule has 4 rings (SSSR count). The summed E-state index contributed by atoms with van der Waals surface area (Å²) in [4.78, 5) is 0. The summed E-state index contributed by atoms with van der Waals surface area (Å²) in [5.74, 6) is 2.33. The van der Waals surface area contributed by atoms with E-state index in [-0.39, 0.29) is 6.61 Å². The van der Waals surface area contributed by atoms with Crippen molar-refractivity contribution in [2.45, 2.75) is 70.9 Å². The van der Waals surface area contributed by atoms with Crippen LogP contribution < -0.4 is 10.6 Å². The third kappa shape index (κ3) is 4.40. The van der Waals surface area contributed by atoms with E-state index in [1.807, 2.05) is 0 Å². The second kappa shape index (κ2) is 9.63. The van der Waals surface area contributed by atoms with E-state index in [0.717, 1.165) is 31.5 Å². The largest absolute Gasteiger partial charge is 0.395 e. The molecule has 1 aliphatic carbocycles. The third-order valence-electron chi connectivity index (χ3n) is 7.42. The molecule has 0 unspecified atom stereocenters. The number of nitrogens with one attached hydrogen (secondary N) is 2. The molecule has 2 aliphatic rings. The summed E-state index contributed by atoms with van der Waals surface area (Å²) in [6.45, 7) is 8.73. The highest BCUT2D eigenvalue weighted by Crippen LogP contribution is 2.43. The van der Waals surface area contributed by atoms with Crippen molar-refractivity contribution in [1.29, 1.82) is 0 Å². The van der Waals surface area contributed by atoms with Crippen molar-refractivity contribution in [3.8, 4) is 0 Å². The van der Waals surface area contributed by atoms with Crippen molar-refractivity contribution in [2.75, 3.05) is 26.2 Å². The topological polar surface area (TPSA) is 49.2 Å². The van der Waals surface area contributed by atoms with Crippen molar-refractivity contribution < 1.29 is 5.11 Å². The molecule has 4 heteroatoms. The van der Waals surface area contributed by atoms with Gasteiger partial charge in [-0.15, -0.1) is 0 Å². The van der Waals surface area contributed by atoms with Crippen LogP contribution in [0.4, 0.5) is 0 Å². The number of aliphatic hydroxyl groups excluding tert-OH is 1. The third-order valence-corrected chi connectivity index (χ3v) is 7.42. The molecule has 0 spiro atoms. The monoisotopic (exact) mass is 397 g/mol. The number of rotatable bonds is 7. The summed E-state index contributed by atoms with van der Waals surface area (Å²) in [5.41, 5.74) is 4.49. The molecule has 1 aliphatic heterocycles. The number of benzene rings is 1. The minimum atomic E-state index is 0.195. The first-order chi connectivity index (χ1) is 14.2. The maximum absolute atomic E-state index is 9.28. The van der Waals surface area contributed by atoms with Crippen molar-refractivity contribution in [3.05, 3.63) is 35.5 Å². The van der Waals surface area contributed by atoms with Crippen LogP contribution in [0.15, 0.2) is 24.3 Å². The number of hydrogen-bond donors (Lipinski definition) is 3. The molecule has 4 nitrogen and oxygen atoms in total. The number of fused-ring (bicyclic) bond motifs is 1. The quantitative estimate of drug-likeness (QED) is 0.600. The molecule has 1 aromatic carbocycles. The van der Waals surface area contributed by atoms with Crippen LogP contribution in [0.5, 0.6) is 0 Å². The van der Waals surface area contributed by atoms with Crippen molar-refractivity contribution >= 4 is 10.9 Å². The zero-order valence-electron chi connectivity index (χ0n) is 18.3. The first-order valence-corrected chi connectivity index (χ1v) is 11.8. The molecule has 1 saturated carbocycles. The van der Waals surface area contributed by atoms with Gasteiger partial charge in [-0.05, 0) is 75.1 Å². The Morgan fingerprint density at radius 2 is 1.79 bits per heavy atom. The standard InChI is InChI=1S/C25H39N3O/c1-18(2)19-7-9-21(10-8-19)28-24-6-4-3-5-22(24)23(17-27-15-16-29)25(28)20-11-13-26-14-12-20/h3-6,18-21,26-27,29H,7-17H2,1-2H3/t19-,21+. The highest BCUT2D eigenvalue weighted by Gasteiger charge is 2.31. The maximum Gasteiger partial charge on any atom is 0.0556 e. The van der Waals surface area contributed by atoms with E-state index in [1.165, 1.54) is 55.0 Å². The van der Waals surface area contributed by atoms with Crippen LogP contribution in [-0.4, -0.2) is 35.9 Å². The van der Waals surface area contributed by atoms with E-state index < -0.39 is 0 Å². The van der Waals surface area contributed by atoms with Gasteiger partial charge in [-0.25, -0.2) is 0 Å². The zero-order chi connectivity index (χ0) is 20.2. The molecular formula is C25H39N3O. The molecule has 0 bridgehead atoms. The Labute approximate surface area is 176 Å². The molecule has 2 fully saturated rings. The molecule has 0 atom stereocenters. The van der Waals surface area contributed by atoms with Gasteiger partial charge in [0.25, 0.3) is 0 Å². The van der Waals surface area contributed by atoms with Crippen LogP contribution in [0, 0.1) is 11.8 Å². The SMILES string of the molecule is CC(C)[C@H]1CC[C@@H](n2c(C3CCNCC3)c(CNCCO)c3ccccc32)CC1. The average Bonchev–Trinajstić information content (AvgIpc) is 3.09. The number of aliphatic hydroxyl groups is 1. The van der Waals surface area contributed by atoms with Gasteiger partial charge in [0.05, 0.1) is 6.61 Å².